The summed E-state index contributed by atoms with van der Waals surface area (Å²) in [6, 6.07) is 5.61. The zero-order valence-electron chi connectivity index (χ0n) is 7.03. The molecule has 0 aliphatic heterocycles. The molecule has 14 heavy (non-hydrogen) atoms. The molecule has 0 amide bonds. The summed E-state index contributed by atoms with van der Waals surface area (Å²) in [5.41, 5.74) is 2.34. The average Bonchev–Trinajstić information content (AvgIpc) is 2.16. The lowest BCUT2D eigenvalue weighted by Crippen LogP contribution is -2.02. The summed E-state index contributed by atoms with van der Waals surface area (Å²) >= 11 is 19.2. The minimum Gasteiger partial charge on any atom is -0.379 e. The van der Waals surface area contributed by atoms with Crippen LogP contribution in [0.4, 0.5) is 5.69 Å². The van der Waals surface area contributed by atoms with Crippen molar-refractivity contribution < 1.29 is 0 Å². The largest absolute Gasteiger partial charge is 0.379 e. The fraction of sp³-hybridized carbons (Fsp3) is 0.111. The number of hydrogen-bond donors (Lipinski definition) is 1. The lowest BCUT2D eigenvalue weighted by Gasteiger charge is -2.07. The van der Waals surface area contributed by atoms with Crippen molar-refractivity contribution in [3.05, 3.63) is 37.4 Å². The smallest absolute Gasteiger partial charge is 0.0517 e. The first-order valence-electron chi connectivity index (χ1n) is 3.77. The number of benzene rings is 1. The molecule has 1 aromatic rings. The van der Waals surface area contributed by atoms with Crippen molar-refractivity contribution in [3.63, 3.8) is 0 Å². The second-order valence-corrected chi connectivity index (χ2v) is 4.84. The highest BCUT2D eigenvalue weighted by atomic mass is 127. The van der Waals surface area contributed by atoms with Crippen molar-refractivity contribution >= 4 is 63.1 Å². The van der Waals surface area contributed by atoms with Gasteiger partial charge in [0.2, 0.25) is 0 Å². The Morgan fingerprint density at radius 3 is 2.79 bits per heavy atom. The van der Waals surface area contributed by atoms with E-state index in [2.05, 4.69) is 27.9 Å². The summed E-state index contributed by atoms with van der Waals surface area (Å²) in [6.45, 7) is 0.517. The first-order valence-corrected chi connectivity index (χ1v) is 6.04. The molecule has 0 unspecified atom stereocenters. The van der Waals surface area contributed by atoms with E-state index in [9.17, 15) is 0 Å². The fourth-order valence-corrected chi connectivity index (χ4v) is 2.06. The maximum absolute atomic E-state index is 5.82. The van der Waals surface area contributed by atoms with E-state index < -0.39 is 0 Å². The van der Waals surface area contributed by atoms with Gasteiger partial charge in [-0.15, -0.1) is 0 Å². The molecule has 0 saturated heterocycles. The van der Waals surface area contributed by atoms with Gasteiger partial charge in [0.15, 0.2) is 0 Å². The molecule has 1 nitrogen and oxygen atoms in total. The van der Waals surface area contributed by atoms with Crippen LogP contribution in [0.3, 0.4) is 0 Å². The fourth-order valence-electron chi connectivity index (χ4n) is 0.851. The van der Waals surface area contributed by atoms with E-state index >= 15 is 0 Å². The maximum Gasteiger partial charge on any atom is 0.0517 e. The van der Waals surface area contributed by atoms with Crippen molar-refractivity contribution in [2.75, 3.05) is 11.9 Å². The molecule has 0 atom stereocenters. The monoisotopic (exact) mass is 361 g/mol. The Labute approximate surface area is 112 Å². The van der Waals surface area contributed by atoms with E-state index in [1.165, 1.54) is 5.54 Å². The first kappa shape index (κ1) is 12.4. The Kier molecular flexibility index (Phi) is 5.38. The average molecular weight is 362 g/mol. The van der Waals surface area contributed by atoms with E-state index in [1.54, 1.807) is 0 Å². The molecular formula is C9H7Cl3IN. The summed E-state index contributed by atoms with van der Waals surface area (Å²) in [6.07, 6.45) is 0. The van der Waals surface area contributed by atoms with E-state index in [0.717, 1.165) is 14.3 Å². The van der Waals surface area contributed by atoms with Crippen LogP contribution in [0.25, 0.3) is 0 Å². The predicted octanol–water partition coefficient (Wildman–Crippen LogP) is 4.68. The van der Waals surface area contributed by atoms with Gasteiger partial charge in [-0.25, -0.2) is 0 Å². The van der Waals surface area contributed by atoms with Crippen LogP contribution in [0.15, 0.2) is 28.8 Å². The van der Waals surface area contributed by atoms with E-state index in [0.29, 0.717) is 11.6 Å². The zero-order valence-corrected chi connectivity index (χ0v) is 11.5. The Balaban J connectivity index is 2.68. The third-order valence-corrected chi connectivity index (χ3v) is 3.24. The number of hydrogen-bond acceptors (Lipinski definition) is 1. The van der Waals surface area contributed by atoms with E-state index in [-0.39, 0.29) is 0 Å². The molecule has 1 aromatic carbocycles. The highest BCUT2D eigenvalue weighted by molar-refractivity contribution is 14.1. The number of nitrogens with one attached hydrogen (secondary N) is 1. The van der Waals surface area contributed by atoms with Crippen LogP contribution in [0, 0.1) is 3.57 Å². The molecule has 0 saturated carbocycles. The summed E-state index contributed by atoms with van der Waals surface area (Å²) in [5.74, 6) is 0. The van der Waals surface area contributed by atoms with Gasteiger partial charge in [0.1, 0.15) is 0 Å². The minimum absolute atomic E-state index is 0.517. The molecule has 1 rings (SSSR count). The lowest BCUT2D eigenvalue weighted by molar-refractivity contribution is 1.30. The van der Waals surface area contributed by atoms with Gasteiger partial charge in [0.25, 0.3) is 0 Å². The van der Waals surface area contributed by atoms with Gasteiger partial charge in [-0.05, 0) is 40.8 Å². The van der Waals surface area contributed by atoms with Gasteiger partial charge >= 0.3 is 0 Å². The van der Waals surface area contributed by atoms with Crippen LogP contribution in [0.1, 0.15) is 0 Å². The van der Waals surface area contributed by atoms with Crippen LogP contribution in [-0.2, 0) is 0 Å². The van der Waals surface area contributed by atoms with Crippen LogP contribution in [0.2, 0.25) is 5.02 Å². The standard InChI is InChI=1S/C9H7Cl3IN/c10-4-7(12)5-14-9-2-1-6(11)3-8(9)13/h1-4,14H,5H2/b7-4+. The SMILES string of the molecule is Cl/C=C(/Cl)CNc1ccc(Cl)cc1I. The number of anilines is 1. The molecule has 0 aliphatic rings. The number of rotatable bonds is 3. The minimum atomic E-state index is 0.517. The topological polar surface area (TPSA) is 12.0 Å². The first-order chi connectivity index (χ1) is 6.63. The van der Waals surface area contributed by atoms with Crippen LogP contribution in [0.5, 0.6) is 0 Å². The normalized spacial score (nSPS) is 11.6. The van der Waals surface area contributed by atoms with Gasteiger partial charge in [-0.2, -0.15) is 0 Å². The van der Waals surface area contributed by atoms with Gasteiger partial charge in [-0.1, -0.05) is 34.8 Å². The quantitative estimate of drug-likeness (QED) is 0.770. The Bertz CT molecular complexity index is 352. The Hall–Kier alpha value is 0.360. The van der Waals surface area contributed by atoms with E-state index in [4.69, 9.17) is 34.8 Å². The molecule has 0 fully saturated rings. The molecule has 0 heterocycles. The lowest BCUT2D eigenvalue weighted by atomic mass is 10.3. The third-order valence-electron chi connectivity index (χ3n) is 1.50. The predicted molar refractivity (Wildman–Crippen MR) is 72.4 cm³/mol. The summed E-state index contributed by atoms with van der Waals surface area (Å²) in [4.78, 5) is 0. The van der Waals surface area contributed by atoms with Gasteiger partial charge < -0.3 is 5.32 Å². The van der Waals surface area contributed by atoms with Crippen molar-refractivity contribution in [3.8, 4) is 0 Å². The highest BCUT2D eigenvalue weighted by Crippen LogP contribution is 2.22. The van der Waals surface area contributed by atoms with Crippen LogP contribution < -0.4 is 5.32 Å². The molecule has 0 aromatic heterocycles. The number of halogens is 4. The van der Waals surface area contributed by atoms with Crippen LogP contribution in [-0.4, -0.2) is 6.54 Å². The van der Waals surface area contributed by atoms with Gasteiger partial charge in [0.05, 0.1) is 6.54 Å². The molecule has 76 valence electrons. The zero-order chi connectivity index (χ0) is 10.6. The van der Waals surface area contributed by atoms with Crippen molar-refractivity contribution in [1.82, 2.24) is 0 Å². The summed E-state index contributed by atoms with van der Waals surface area (Å²) in [5, 5.41) is 4.43. The Morgan fingerprint density at radius 2 is 2.21 bits per heavy atom. The highest BCUT2D eigenvalue weighted by Gasteiger charge is 2.00. The van der Waals surface area contributed by atoms with Gasteiger partial charge in [0, 0.05) is 24.8 Å². The van der Waals surface area contributed by atoms with E-state index in [1.807, 2.05) is 18.2 Å². The van der Waals surface area contributed by atoms with Crippen molar-refractivity contribution in [1.29, 1.82) is 0 Å². The summed E-state index contributed by atoms with van der Waals surface area (Å²) in [7, 11) is 0. The van der Waals surface area contributed by atoms with Crippen molar-refractivity contribution in [2.24, 2.45) is 0 Å². The van der Waals surface area contributed by atoms with Gasteiger partial charge in [-0.3, -0.25) is 0 Å². The molecule has 0 radical (unpaired) electrons. The second-order valence-electron chi connectivity index (χ2n) is 2.53. The second kappa shape index (κ2) is 6.05. The Morgan fingerprint density at radius 1 is 1.50 bits per heavy atom. The molecular weight excluding hydrogens is 355 g/mol. The molecule has 0 spiro atoms. The molecule has 0 aliphatic carbocycles. The van der Waals surface area contributed by atoms with Crippen LogP contribution >= 0.6 is 57.4 Å². The molecule has 0 bridgehead atoms. The molecule has 1 N–H and O–H groups in total. The molecule has 5 heteroatoms. The third kappa shape index (κ3) is 3.85. The van der Waals surface area contributed by atoms with Crippen molar-refractivity contribution in [2.45, 2.75) is 0 Å². The summed E-state index contributed by atoms with van der Waals surface area (Å²) < 4.78 is 1.05. The maximum atomic E-state index is 5.82.